The molecule has 2 heterocycles. The number of nitrogens with zero attached hydrogens (tertiary/aromatic N) is 4. The Morgan fingerprint density at radius 3 is 2.40 bits per heavy atom. The molecule has 1 amide bonds. The van der Waals surface area contributed by atoms with Crippen LogP contribution < -0.4 is 9.64 Å². The molecule has 0 saturated carbocycles. The Morgan fingerprint density at radius 1 is 1.00 bits per heavy atom. The zero-order valence-electron chi connectivity index (χ0n) is 19.9. The van der Waals surface area contributed by atoms with Gasteiger partial charge in [0, 0.05) is 49.4 Å². The molecule has 1 aliphatic rings. The van der Waals surface area contributed by atoms with Gasteiger partial charge in [0.25, 0.3) is 5.91 Å². The van der Waals surface area contributed by atoms with Crippen LogP contribution in [0.3, 0.4) is 0 Å². The van der Waals surface area contributed by atoms with Gasteiger partial charge in [-0.2, -0.15) is 13.2 Å². The molecule has 0 atom stereocenters. The van der Waals surface area contributed by atoms with Crippen LogP contribution in [0.4, 0.5) is 19.0 Å². The summed E-state index contributed by atoms with van der Waals surface area (Å²) in [6.45, 7) is 5.61. The Balaban J connectivity index is 1.52. The van der Waals surface area contributed by atoms with Crippen molar-refractivity contribution in [1.29, 1.82) is 0 Å². The molecule has 0 N–H and O–H groups in total. The molecular weight excluding hydrogens is 457 g/mol. The summed E-state index contributed by atoms with van der Waals surface area (Å²) in [5, 5.41) is 0. The van der Waals surface area contributed by atoms with Gasteiger partial charge in [0.15, 0.2) is 0 Å². The molecule has 0 radical (unpaired) electrons. The van der Waals surface area contributed by atoms with Crippen LogP contribution in [0.5, 0.6) is 5.75 Å². The van der Waals surface area contributed by atoms with Crippen LogP contribution in [0.1, 0.15) is 38.6 Å². The molecule has 0 unspecified atom stereocenters. The Kier molecular flexibility index (Phi) is 6.95. The van der Waals surface area contributed by atoms with Gasteiger partial charge in [0.2, 0.25) is 0 Å². The molecule has 1 saturated heterocycles. The van der Waals surface area contributed by atoms with Crippen molar-refractivity contribution in [2.45, 2.75) is 26.4 Å². The van der Waals surface area contributed by atoms with Crippen LogP contribution in [0.25, 0.3) is 0 Å². The lowest BCUT2D eigenvalue weighted by atomic mass is 10.0. The largest absolute Gasteiger partial charge is 0.497 e. The van der Waals surface area contributed by atoms with Gasteiger partial charge in [-0.3, -0.25) is 4.79 Å². The van der Waals surface area contributed by atoms with E-state index >= 15 is 0 Å². The number of rotatable bonds is 5. The van der Waals surface area contributed by atoms with E-state index in [0.717, 1.165) is 40.5 Å². The second-order valence-corrected chi connectivity index (χ2v) is 8.54. The minimum atomic E-state index is -4.49. The van der Waals surface area contributed by atoms with Gasteiger partial charge in [0.05, 0.1) is 12.7 Å². The van der Waals surface area contributed by atoms with Gasteiger partial charge in [-0.15, -0.1) is 0 Å². The number of hydrogen-bond acceptors (Lipinski definition) is 5. The maximum Gasteiger partial charge on any atom is 0.416 e. The van der Waals surface area contributed by atoms with Gasteiger partial charge in [0.1, 0.15) is 17.4 Å². The summed E-state index contributed by atoms with van der Waals surface area (Å²) in [7, 11) is 1.63. The molecule has 1 aliphatic heterocycles. The summed E-state index contributed by atoms with van der Waals surface area (Å²) in [4.78, 5) is 25.9. The number of aromatic nitrogens is 2. The van der Waals surface area contributed by atoms with Crippen molar-refractivity contribution in [3.05, 3.63) is 82.3 Å². The standard InChI is InChI=1S/C26H27F3N4O2/c1-17-23(15-19-6-4-9-22(14-19)35-3)24(31-18(2)30-17)32-10-12-33(13-11-32)25(34)20-7-5-8-21(16-20)26(27,28)29/h4-9,14,16H,10-13,15H2,1-3H3. The molecule has 1 fully saturated rings. The summed E-state index contributed by atoms with van der Waals surface area (Å²) >= 11 is 0. The molecule has 35 heavy (non-hydrogen) atoms. The average molecular weight is 485 g/mol. The normalized spacial score (nSPS) is 14.2. The van der Waals surface area contributed by atoms with Crippen molar-refractivity contribution in [2.75, 3.05) is 38.2 Å². The number of benzene rings is 2. The molecule has 0 spiro atoms. The number of ether oxygens (including phenoxy) is 1. The van der Waals surface area contributed by atoms with Gasteiger partial charge < -0.3 is 14.5 Å². The number of alkyl halides is 3. The minimum absolute atomic E-state index is 0.0423. The lowest BCUT2D eigenvalue weighted by Crippen LogP contribution is -2.49. The average Bonchev–Trinajstić information content (AvgIpc) is 2.85. The van der Waals surface area contributed by atoms with E-state index in [1.54, 1.807) is 12.0 Å². The smallest absolute Gasteiger partial charge is 0.416 e. The molecule has 1 aromatic heterocycles. The van der Waals surface area contributed by atoms with Crippen LogP contribution in [0.2, 0.25) is 0 Å². The van der Waals surface area contributed by atoms with E-state index in [-0.39, 0.29) is 5.56 Å². The topological polar surface area (TPSA) is 58.6 Å². The SMILES string of the molecule is COc1cccc(Cc2c(C)nc(C)nc2N2CCN(C(=O)c3cccc(C(F)(F)F)c3)CC2)c1. The number of carbonyl (C=O) groups excluding carboxylic acids is 1. The number of hydrogen-bond donors (Lipinski definition) is 0. The maximum atomic E-state index is 13.1. The first kappa shape index (κ1) is 24.5. The first-order chi connectivity index (χ1) is 16.7. The third-order valence-corrected chi connectivity index (χ3v) is 6.12. The third kappa shape index (κ3) is 5.55. The zero-order chi connectivity index (χ0) is 25.2. The Labute approximate surface area is 202 Å². The van der Waals surface area contributed by atoms with Crippen LogP contribution in [-0.2, 0) is 12.6 Å². The summed E-state index contributed by atoms with van der Waals surface area (Å²) in [6, 6.07) is 12.4. The van der Waals surface area contributed by atoms with E-state index in [1.165, 1.54) is 12.1 Å². The zero-order valence-corrected chi connectivity index (χ0v) is 19.9. The van der Waals surface area contributed by atoms with E-state index in [9.17, 15) is 18.0 Å². The number of aryl methyl sites for hydroxylation is 2. The van der Waals surface area contributed by atoms with Crippen molar-refractivity contribution >= 4 is 11.7 Å². The second-order valence-electron chi connectivity index (χ2n) is 8.54. The quantitative estimate of drug-likeness (QED) is 0.527. The van der Waals surface area contributed by atoms with E-state index in [4.69, 9.17) is 9.72 Å². The predicted molar refractivity (Wildman–Crippen MR) is 127 cm³/mol. The Hall–Kier alpha value is -3.62. The lowest BCUT2D eigenvalue weighted by Gasteiger charge is -2.36. The van der Waals surface area contributed by atoms with Crippen molar-refractivity contribution in [3.63, 3.8) is 0 Å². The number of halogens is 3. The van der Waals surface area contributed by atoms with Crippen LogP contribution in [-0.4, -0.2) is 54.1 Å². The predicted octanol–water partition coefficient (Wildman–Crippen LogP) is 4.67. The van der Waals surface area contributed by atoms with Crippen molar-refractivity contribution < 1.29 is 22.7 Å². The lowest BCUT2D eigenvalue weighted by molar-refractivity contribution is -0.137. The Morgan fingerprint density at radius 2 is 1.71 bits per heavy atom. The van der Waals surface area contributed by atoms with E-state index in [0.29, 0.717) is 38.4 Å². The van der Waals surface area contributed by atoms with Gasteiger partial charge in [-0.25, -0.2) is 9.97 Å². The highest BCUT2D eigenvalue weighted by Crippen LogP contribution is 2.30. The molecule has 4 rings (SSSR count). The van der Waals surface area contributed by atoms with Gasteiger partial charge in [-0.1, -0.05) is 18.2 Å². The Bertz CT molecular complexity index is 1220. The molecule has 6 nitrogen and oxygen atoms in total. The molecule has 0 bridgehead atoms. The number of anilines is 1. The third-order valence-electron chi connectivity index (χ3n) is 6.12. The fourth-order valence-electron chi connectivity index (χ4n) is 4.31. The van der Waals surface area contributed by atoms with Gasteiger partial charge in [-0.05, 0) is 49.7 Å². The number of amides is 1. The molecule has 0 aliphatic carbocycles. The fraction of sp³-hybridized carbons (Fsp3) is 0.346. The molecule has 9 heteroatoms. The summed E-state index contributed by atoms with van der Waals surface area (Å²) in [5.74, 6) is 1.86. The number of carbonyl (C=O) groups is 1. The highest BCUT2D eigenvalue weighted by Gasteiger charge is 2.32. The van der Waals surface area contributed by atoms with E-state index < -0.39 is 17.6 Å². The van der Waals surface area contributed by atoms with Crippen molar-refractivity contribution in [2.24, 2.45) is 0 Å². The van der Waals surface area contributed by atoms with Gasteiger partial charge >= 0.3 is 6.18 Å². The minimum Gasteiger partial charge on any atom is -0.497 e. The fourth-order valence-corrected chi connectivity index (χ4v) is 4.31. The van der Waals surface area contributed by atoms with E-state index in [1.807, 2.05) is 38.1 Å². The van der Waals surface area contributed by atoms with Crippen LogP contribution >= 0.6 is 0 Å². The molecule has 184 valence electrons. The van der Waals surface area contributed by atoms with Crippen LogP contribution in [0.15, 0.2) is 48.5 Å². The van der Waals surface area contributed by atoms with Crippen molar-refractivity contribution in [3.8, 4) is 5.75 Å². The monoisotopic (exact) mass is 484 g/mol. The highest BCUT2D eigenvalue weighted by molar-refractivity contribution is 5.94. The number of methoxy groups -OCH3 is 1. The van der Waals surface area contributed by atoms with E-state index in [2.05, 4.69) is 9.88 Å². The maximum absolute atomic E-state index is 13.1. The summed E-state index contributed by atoms with van der Waals surface area (Å²) < 4.78 is 44.5. The number of piperazine rings is 1. The summed E-state index contributed by atoms with van der Waals surface area (Å²) in [5.41, 5.74) is 2.18. The van der Waals surface area contributed by atoms with Crippen molar-refractivity contribution in [1.82, 2.24) is 14.9 Å². The second kappa shape index (κ2) is 9.93. The first-order valence-corrected chi connectivity index (χ1v) is 11.3. The molecule has 3 aromatic rings. The highest BCUT2D eigenvalue weighted by atomic mass is 19.4. The summed E-state index contributed by atoms with van der Waals surface area (Å²) in [6.07, 6.45) is -3.86. The molecular formula is C26H27F3N4O2. The molecule has 2 aromatic carbocycles. The van der Waals surface area contributed by atoms with Crippen LogP contribution in [0, 0.1) is 13.8 Å². The first-order valence-electron chi connectivity index (χ1n) is 11.3.